The van der Waals surface area contributed by atoms with Gasteiger partial charge >= 0.3 is 5.97 Å². The van der Waals surface area contributed by atoms with E-state index in [-0.39, 0.29) is 24.9 Å². The minimum atomic E-state index is -4.70. The molecule has 0 fully saturated rings. The highest BCUT2D eigenvalue weighted by atomic mass is 31.2. The van der Waals surface area contributed by atoms with E-state index in [1.54, 1.807) is 0 Å². The molecule has 10 heteroatoms. The highest BCUT2D eigenvalue weighted by Crippen LogP contribution is 2.38. The summed E-state index contributed by atoms with van der Waals surface area (Å²) in [4.78, 5) is 39.9. The zero-order valence-electron chi connectivity index (χ0n) is 47.7. The van der Waals surface area contributed by atoms with E-state index in [1.165, 1.54) is 167 Å². The third-order valence-corrected chi connectivity index (χ3v) is 14.5. The van der Waals surface area contributed by atoms with Crippen LogP contribution in [-0.2, 0) is 27.9 Å². The van der Waals surface area contributed by atoms with Gasteiger partial charge in [-0.1, -0.05) is 231 Å². The molecule has 0 aliphatic carbocycles. The van der Waals surface area contributed by atoms with Crippen molar-refractivity contribution < 1.29 is 37.3 Å². The first-order valence-corrected chi connectivity index (χ1v) is 31.8. The number of ether oxygens (including phenoxy) is 1. The average Bonchev–Trinajstić information content (AvgIpc) is 3.33. The van der Waals surface area contributed by atoms with Crippen LogP contribution in [0.4, 0.5) is 0 Å². The van der Waals surface area contributed by atoms with Gasteiger partial charge in [0, 0.05) is 12.8 Å². The first-order valence-electron chi connectivity index (χ1n) is 30.3. The topological polar surface area (TPSA) is 114 Å². The average molecular weight is 1020 g/mol. The van der Waals surface area contributed by atoms with Crippen molar-refractivity contribution in [2.45, 2.75) is 303 Å². The number of phosphoric acid groups is 1. The molecule has 0 bridgehead atoms. The number of nitrogens with zero attached hydrogens (tertiary/aromatic N) is 1. The minimum absolute atomic E-state index is 0.0231. The van der Waals surface area contributed by atoms with Crippen molar-refractivity contribution in [3.63, 3.8) is 0 Å². The molecule has 0 aromatic rings. The summed E-state index contributed by atoms with van der Waals surface area (Å²) in [5, 5.41) is 3.02. The van der Waals surface area contributed by atoms with Crippen LogP contribution in [0.25, 0.3) is 0 Å². The van der Waals surface area contributed by atoms with Gasteiger partial charge in [0.15, 0.2) is 0 Å². The Morgan fingerprint density at radius 3 is 1.20 bits per heavy atom. The second-order valence-corrected chi connectivity index (χ2v) is 23.3. The van der Waals surface area contributed by atoms with Crippen LogP contribution in [0.2, 0.25) is 0 Å². The van der Waals surface area contributed by atoms with Gasteiger partial charge in [0.2, 0.25) is 5.91 Å². The van der Waals surface area contributed by atoms with E-state index in [0.717, 1.165) is 89.9 Å². The van der Waals surface area contributed by atoms with Gasteiger partial charge in [-0.3, -0.25) is 14.2 Å². The maximum absolute atomic E-state index is 13.5. The molecule has 0 aliphatic heterocycles. The van der Waals surface area contributed by atoms with Gasteiger partial charge in [-0.2, -0.15) is 0 Å². The molecule has 0 aromatic carbocycles. The quantitative estimate of drug-likeness (QED) is 0.0212. The fraction of sp³-hybridized carbons (Fsp3) is 0.869. The Bertz CT molecular complexity index is 1310. The lowest BCUT2D eigenvalue weighted by atomic mass is 10.0. The van der Waals surface area contributed by atoms with Crippen molar-refractivity contribution in [2.24, 2.45) is 0 Å². The summed E-state index contributed by atoms with van der Waals surface area (Å²) in [7, 11) is 1.18. The van der Waals surface area contributed by atoms with E-state index in [9.17, 15) is 19.0 Å². The Balaban J connectivity index is 5.30. The smallest absolute Gasteiger partial charge is 0.306 e. The number of quaternary nitrogens is 1. The van der Waals surface area contributed by atoms with Crippen LogP contribution in [0.5, 0.6) is 0 Å². The van der Waals surface area contributed by atoms with Crippen molar-refractivity contribution >= 4 is 19.7 Å². The third kappa shape index (κ3) is 52.9. The highest BCUT2D eigenvalue weighted by Gasteiger charge is 2.27. The summed E-state index contributed by atoms with van der Waals surface area (Å²) in [5.41, 5.74) is 0. The van der Waals surface area contributed by atoms with Gasteiger partial charge in [0.1, 0.15) is 19.3 Å². The highest BCUT2D eigenvalue weighted by molar-refractivity contribution is 7.45. The number of likely N-dealkylation sites (N-methyl/N-ethyl adjacent to an activating group) is 1. The molecular weight excluding hydrogens is 904 g/mol. The molecule has 9 nitrogen and oxygen atoms in total. The SMILES string of the molecule is CCCCCCCC/C=C/CCCCCCCCCC(=O)OC(/C=C/CCCCCCCCCCCC)C(COP(=O)([O-])OCC[N+](C)(C)C)NC(=O)CCCCCCC/C=C/CCCCCCCCC. The lowest BCUT2D eigenvalue weighted by Gasteiger charge is -2.30. The number of carbonyl (C=O) groups is 2. The lowest BCUT2D eigenvalue weighted by molar-refractivity contribution is -0.870. The van der Waals surface area contributed by atoms with Gasteiger partial charge in [-0.05, 0) is 83.1 Å². The number of esters is 1. The summed E-state index contributed by atoms with van der Waals surface area (Å²) in [6, 6.07) is -0.891. The molecule has 1 amide bonds. The second kappa shape index (κ2) is 51.7. The minimum Gasteiger partial charge on any atom is -0.756 e. The number of carbonyl (C=O) groups excluding carboxylic acids is 2. The zero-order valence-corrected chi connectivity index (χ0v) is 48.6. The van der Waals surface area contributed by atoms with Crippen LogP contribution >= 0.6 is 7.82 Å². The van der Waals surface area contributed by atoms with Crippen molar-refractivity contribution in [3.8, 4) is 0 Å². The molecule has 0 heterocycles. The number of hydrogen-bond donors (Lipinski definition) is 1. The van der Waals surface area contributed by atoms with Gasteiger partial charge in [0.25, 0.3) is 7.82 Å². The molecule has 3 atom stereocenters. The molecule has 0 saturated heterocycles. The Labute approximate surface area is 440 Å². The summed E-state index contributed by atoms with van der Waals surface area (Å²) in [6.45, 7) is 6.85. The van der Waals surface area contributed by atoms with E-state index in [1.807, 2.05) is 33.3 Å². The molecule has 3 unspecified atom stereocenters. The third-order valence-electron chi connectivity index (χ3n) is 13.5. The van der Waals surface area contributed by atoms with Gasteiger partial charge in [0.05, 0.1) is 33.8 Å². The predicted molar refractivity (Wildman–Crippen MR) is 303 cm³/mol. The molecule has 1 N–H and O–H groups in total. The maximum atomic E-state index is 13.5. The van der Waals surface area contributed by atoms with Crippen LogP contribution in [0.1, 0.15) is 290 Å². The molecule has 0 aliphatic rings. The van der Waals surface area contributed by atoms with Crippen LogP contribution in [0, 0.1) is 0 Å². The van der Waals surface area contributed by atoms with E-state index in [0.29, 0.717) is 17.4 Å². The molecule has 0 rings (SSSR count). The van der Waals surface area contributed by atoms with Crippen LogP contribution in [0.15, 0.2) is 36.5 Å². The normalized spacial score (nSPS) is 14.0. The molecule has 71 heavy (non-hydrogen) atoms. The Morgan fingerprint density at radius 1 is 0.479 bits per heavy atom. The molecule has 0 saturated carbocycles. The van der Waals surface area contributed by atoms with E-state index in [2.05, 4.69) is 50.4 Å². The molecule has 418 valence electrons. The van der Waals surface area contributed by atoms with E-state index >= 15 is 0 Å². The van der Waals surface area contributed by atoms with E-state index in [4.69, 9.17) is 13.8 Å². The number of amides is 1. The Kier molecular flexibility index (Phi) is 50.4. The first-order chi connectivity index (χ1) is 34.4. The molecular formula is C61H117N2O7P. The molecule has 0 aromatic heterocycles. The predicted octanol–water partition coefficient (Wildman–Crippen LogP) is 17.7. The fourth-order valence-corrected chi connectivity index (χ4v) is 9.53. The van der Waals surface area contributed by atoms with Gasteiger partial charge in [-0.15, -0.1) is 0 Å². The van der Waals surface area contributed by atoms with E-state index < -0.39 is 26.6 Å². The Morgan fingerprint density at radius 2 is 0.817 bits per heavy atom. The van der Waals surface area contributed by atoms with Crippen molar-refractivity contribution in [1.29, 1.82) is 0 Å². The second-order valence-electron chi connectivity index (χ2n) is 21.8. The van der Waals surface area contributed by atoms with Crippen molar-refractivity contribution in [2.75, 3.05) is 40.9 Å². The summed E-state index contributed by atoms with van der Waals surface area (Å²) in [5.74, 6) is -0.547. The zero-order chi connectivity index (χ0) is 52.2. The number of hydrogen-bond acceptors (Lipinski definition) is 7. The van der Waals surface area contributed by atoms with Crippen LogP contribution < -0.4 is 10.2 Å². The first kappa shape index (κ1) is 69.2. The monoisotopic (exact) mass is 1020 g/mol. The molecule has 0 spiro atoms. The van der Waals surface area contributed by atoms with Crippen molar-refractivity contribution in [3.05, 3.63) is 36.5 Å². The van der Waals surface area contributed by atoms with Gasteiger partial charge < -0.3 is 28.5 Å². The van der Waals surface area contributed by atoms with Gasteiger partial charge in [-0.25, -0.2) is 0 Å². The number of unbranched alkanes of at least 4 members (excludes halogenated alkanes) is 35. The van der Waals surface area contributed by atoms with Crippen molar-refractivity contribution in [1.82, 2.24) is 5.32 Å². The number of allylic oxidation sites excluding steroid dienone is 5. The lowest BCUT2D eigenvalue weighted by Crippen LogP contribution is -2.47. The summed E-state index contributed by atoms with van der Waals surface area (Å²) in [6.07, 6.45) is 61.0. The number of phosphoric ester groups is 1. The van der Waals surface area contributed by atoms with Crippen LogP contribution in [-0.4, -0.2) is 69.4 Å². The number of nitrogens with one attached hydrogen (secondary N) is 1. The number of rotatable bonds is 55. The summed E-state index contributed by atoms with van der Waals surface area (Å²) >= 11 is 0. The van der Waals surface area contributed by atoms with Crippen LogP contribution in [0.3, 0.4) is 0 Å². The standard InChI is InChI=1S/C61H117N2O7P/c1-7-10-13-16-19-22-25-28-30-32-34-36-39-42-45-48-51-54-61(65)70-59(52-49-46-43-40-37-27-24-21-18-15-12-9-3)58(57-69-71(66,67)68-56-55-63(4,5)6)62-60(64)53-50-47-44-41-38-35-33-31-29-26-23-20-17-14-11-8-2/h28,30-31,33,49,52,58-59H,7-27,29,32,34-48,50-51,53-57H2,1-6H3,(H-,62,64,66,67)/b30-28+,33-31+,52-49+. The molecule has 0 radical (unpaired) electrons. The maximum Gasteiger partial charge on any atom is 0.306 e. The summed E-state index contributed by atoms with van der Waals surface area (Å²) < 4.78 is 30.3. The Hall–Kier alpha value is -1.77. The largest absolute Gasteiger partial charge is 0.756 e. The fourth-order valence-electron chi connectivity index (χ4n) is 8.81.